The molecule has 2 heterocycles. The highest BCUT2D eigenvalue weighted by molar-refractivity contribution is 6.31. The van der Waals surface area contributed by atoms with Gasteiger partial charge in [-0.1, -0.05) is 25.4 Å². The predicted molar refractivity (Wildman–Crippen MR) is 71.7 cm³/mol. The number of hydrogen-bond donors (Lipinski definition) is 1. The second-order valence-corrected chi connectivity index (χ2v) is 5.88. The molecule has 1 N–H and O–H groups in total. The van der Waals surface area contributed by atoms with Crippen LogP contribution in [0.5, 0.6) is 0 Å². The van der Waals surface area contributed by atoms with Gasteiger partial charge in [0.05, 0.1) is 16.7 Å². The number of rotatable bonds is 3. The molecule has 100 valence electrons. The molecular weight excluding hydrogens is 250 g/mol. The molecule has 2 unspecified atom stereocenters. The van der Waals surface area contributed by atoms with E-state index in [0.717, 1.165) is 5.56 Å². The van der Waals surface area contributed by atoms with Crippen LogP contribution in [0.1, 0.15) is 32.3 Å². The number of aromatic nitrogens is 1. The van der Waals surface area contributed by atoms with E-state index in [0.29, 0.717) is 36.8 Å². The van der Waals surface area contributed by atoms with Crippen molar-refractivity contribution in [1.82, 2.24) is 4.98 Å². The van der Waals surface area contributed by atoms with Crippen LogP contribution < -0.4 is 0 Å². The smallest absolute Gasteiger partial charge is 0.0735 e. The summed E-state index contributed by atoms with van der Waals surface area (Å²) < 4.78 is 5.70. The van der Waals surface area contributed by atoms with Gasteiger partial charge in [-0.3, -0.25) is 4.98 Å². The Kier molecular flexibility index (Phi) is 4.25. The fourth-order valence-electron chi connectivity index (χ4n) is 2.43. The van der Waals surface area contributed by atoms with Gasteiger partial charge in [0.2, 0.25) is 0 Å². The fourth-order valence-corrected chi connectivity index (χ4v) is 2.61. The quantitative estimate of drug-likeness (QED) is 0.918. The Hall–Kier alpha value is -0.640. The van der Waals surface area contributed by atoms with E-state index in [2.05, 4.69) is 18.8 Å². The van der Waals surface area contributed by atoms with E-state index in [-0.39, 0.29) is 6.10 Å². The molecule has 0 amide bonds. The lowest BCUT2D eigenvalue weighted by atomic mass is 9.82. The van der Waals surface area contributed by atoms with Crippen LogP contribution in [0.2, 0.25) is 5.02 Å². The maximum Gasteiger partial charge on any atom is 0.0735 e. The average molecular weight is 270 g/mol. The molecule has 2 rings (SSSR count). The molecule has 1 fully saturated rings. The number of aliphatic hydroxyl groups is 1. The Labute approximate surface area is 113 Å². The topological polar surface area (TPSA) is 42.4 Å². The lowest BCUT2D eigenvalue weighted by molar-refractivity contribution is -0.116. The molecule has 1 aromatic heterocycles. The minimum Gasteiger partial charge on any atom is -0.389 e. The van der Waals surface area contributed by atoms with Crippen molar-refractivity contribution in [3.63, 3.8) is 0 Å². The van der Waals surface area contributed by atoms with Gasteiger partial charge in [0.25, 0.3) is 0 Å². The van der Waals surface area contributed by atoms with Crippen molar-refractivity contribution in [2.24, 2.45) is 5.92 Å². The monoisotopic (exact) mass is 269 g/mol. The summed E-state index contributed by atoms with van der Waals surface area (Å²) in [4.78, 5) is 3.97. The molecule has 2 atom stereocenters. The largest absolute Gasteiger partial charge is 0.389 e. The van der Waals surface area contributed by atoms with Crippen molar-refractivity contribution in [2.45, 2.75) is 44.8 Å². The van der Waals surface area contributed by atoms with Crippen LogP contribution in [0.4, 0.5) is 0 Å². The SMILES string of the molecule is CC(C)C1CC(O)(Cc2ccncc2Cl)CCO1. The van der Waals surface area contributed by atoms with Gasteiger partial charge in [-0.05, 0) is 24.0 Å². The molecule has 1 aliphatic rings. The Morgan fingerprint density at radius 3 is 3.06 bits per heavy atom. The highest BCUT2D eigenvalue weighted by atomic mass is 35.5. The van der Waals surface area contributed by atoms with Crippen LogP contribution in [-0.2, 0) is 11.2 Å². The van der Waals surface area contributed by atoms with Gasteiger partial charge in [0.15, 0.2) is 0 Å². The van der Waals surface area contributed by atoms with Crippen LogP contribution in [0.15, 0.2) is 18.5 Å². The molecule has 1 aromatic rings. The van der Waals surface area contributed by atoms with Crippen LogP contribution >= 0.6 is 11.6 Å². The van der Waals surface area contributed by atoms with E-state index >= 15 is 0 Å². The Morgan fingerprint density at radius 1 is 1.61 bits per heavy atom. The van der Waals surface area contributed by atoms with Crippen molar-refractivity contribution < 1.29 is 9.84 Å². The van der Waals surface area contributed by atoms with Crippen molar-refractivity contribution >= 4 is 11.6 Å². The highest BCUT2D eigenvalue weighted by Gasteiger charge is 2.36. The van der Waals surface area contributed by atoms with Crippen molar-refractivity contribution in [3.05, 3.63) is 29.0 Å². The normalized spacial score (nSPS) is 28.6. The zero-order valence-corrected chi connectivity index (χ0v) is 11.7. The van der Waals surface area contributed by atoms with E-state index in [1.54, 1.807) is 12.4 Å². The average Bonchev–Trinajstić information content (AvgIpc) is 2.32. The number of hydrogen-bond acceptors (Lipinski definition) is 3. The Bertz CT molecular complexity index is 411. The molecule has 1 saturated heterocycles. The van der Waals surface area contributed by atoms with Gasteiger partial charge in [0.1, 0.15) is 0 Å². The van der Waals surface area contributed by atoms with Gasteiger partial charge in [-0.2, -0.15) is 0 Å². The second kappa shape index (κ2) is 5.55. The standard InChI is InChI=1S/C14H20ClNO2/c1-10(2)13-8-14(17,4-6-18-13)7-11-3-5-16-9-12(11)15/h3,5,9-10,13,17H,4,6-8H2,1-2H3. The number of nitrogens with zero attached hydrogens (tertiary/aromatic N) is 1. The molecule has 0 radical (unpaired) electrons. The first kappa shape index (κ1) is 13.8. The fraction of sp³-hybridized carbons (Fsp3) is 0.643. The summed E-state index contributed by atoms with van der Waals surface area (Å²) >= 11 is 6.10. The van der Waals surface area contributed by atoms with E-state index in [4.69, 9.17) is 16.3 Å². The maximum atomic E-state index is 10.7. The molecular formula is C14H20ClNO2. The summed E-state index contributed by atoms with van der Waals surface area (Å²) in [5.74, 6) is 0.421. The lowest BCUT2D eigenvalue weighted by Crippen LogP contribution is -2.44. The van der Waals surface area contributed by atoms with Crippen LogP contribution in [-0.4, -0.2) is 28.4 Å². The minimum atomic E-state index is -0.710. The Morgan fingerprint density at radius 2 is 2.39 bits per heavy atom. The summed E-state index contributed by atoms with van der Waals surface area (Å²) in [7, 11) is 0. The molecule has 0 spiro atoms. The minimum absolute atomic E-state index is 0.129. The number of pyridine rings is 1. The molecule has 0 saturated carbocycles. The summed E-state index contributed by atoms with van der Waals surface area (Å²) in [6.45, 7) is 4.85. The van der Waals surface area contributed by atoms with Crippen molar-refractivity contribution in [3.8, 4) is 0 Å². The molecule has 0 aromatic carbocycles. The highest BCUT2D eigenvalue weighted by Crippen LogP contribution is 2.32. The van der Waals surface area contributed by atoms with Gasteiger partial charge < -0.3 is 9.84 Å². The molecule has 3 nitrogen and oxygen atoms in total. The summed E-state index contributed by atoms with van der Waals surface area (Å²) in [6, 6.07) is 1.88. The van der Waals surface area contributed by atoms with Gasteiger partial charge >= 0.3 is 0 Å². The van der Waals surface area contributed by atoms with Crippen molar-refractivity contribution in [2.75, 3.05) is 6.61 Å². The van der Waals surface area contributed by atoms with Gasteiger partial charge in [0, 0.05) is 31.8 Å². The number of halogens is 1. The van der Waals surface area contributed by atoms with E-state index in [1.807, 2.05) is 6.07 Å². The zero-order chi connectivity index (χ0) is 13.2. The third-order valence-corrected chi connectivity index (χ3v) is 3.94. The molecule has 1 aliphatic heterocycles. The third-order valence-electron chi connectivity index (χ3n) is 3.60. The molecule has 0 aliphatic carbocycles. The zero-order valence-electron chi connectivity index (χ0n) is 10.9. The van der Waals surface area contributed by atoms with E-state index < -0.39 is 5.60 Å². The summed E-state index contributed by atoms with van der Waals surface area (Å²) in [5.41, 5.74) is 0.247. The summed E-state index contributed by atoms with van der Waals surface area (Å²) in [6.07, 6.45) is 5.37. The van der Waals surface area contributed by atoms with E-state index in [1.165, 1.54) is 0 Å². The molecule has 18 heavy (non-hydrogen) atoms. The first-order valence-electron chi connectivity index (χ1n) is 6.42. The lowest BCUT2D eigenvalue weighted by Gasteiger charge is -2.38. The third kappa shape index (κ3) is 3.22. The van der Waals surface area contributed by atoms with Gasteiger partial charge in [-0.15, -0.1) is 0 Å². The van der Waals surface area contributed by atoms with Crippen LogP contribution in [0, 0.1) is 5.92 Å². The molecule has 4 heteroatoms. The predicted octanol–water partition coefficient (Wildman–Crippen LogP) is 2.84. The summed E-state index contributed by atoms with van der Waals surface area (Å²) in [5, 5.41) is 11.3. The first-order valence-corrected chi connectivity index (χ1v) is 6.80. The van der Waals surface area contributed by atoms with Gasteiger partial charge in [-0.25, -0.2) is 0 Å². The first-order chi connectivity index (χ1) is 8.50. The van der Waals surface area contributed by atoms with Crippen LogP contribution in [0.3, 0.4) is 0 Å². The van der Waals surface area contributed by atoms with E-state index in [9.17, 15) is 5.11 Å². The van der Waals surface area contributed by atoms with Crippen LogP contribution in [0.25, 0.3) is 0 Å². The van der Waals surface area contributed by atoms with Crippen molar-refractivity contribution in [1.29, 1.82) is 0 Å². The Balaban J connectivity index is 2.09. The number of ether oxygens (including phenoxy) is 1. The molecule has 0 bridgehead atoms. The second-order valence-electron chi connectivity index (χ2n) is 5.48. The maximum absolute atomic E-state index is 10.7.